The van der Waals surface area contributed by atoms with E-state index in [2.05, 4.69) is 40.2 Å². The standard InChI is InChI=1S/C17H19BrO2/c18-15-9-8-12(13-5-1-2-6-14(13)15)11-16(19)17-7-3-4-10-20-17/h1-2,5-6,8-9,16-17,19H,3-4,7,10-11H2. The Morgan fingerprint density at radius 1 is 1.15 bits per heavy atom. The van der Waals surface area contributed by atoms with Crippen molar-refractivity contribution in [2.24, 2.45) is 0 Å². The van der Waals surface area contributed by atoms with E-state index in [4.69, 9.17) is 4.74 Å². The van der Waals surface area contributed by atoms with Crippen LogP contribution in [-0.2, 0) is 11.2 Å². The summed E-state index contributed by atoms with van der Waals surface area (Å²) in [5, 5.41) is 12.8. The normalized spacial score (nSPS) is 21.0. The second-order valence-electron chi connectivity index (χ2n) is 5.43. The predicted octanol–water partition coefficient (Wildman–Crippen LogP) is 4.07. The van der Waals surface area contributed by atoms with Crippen LogP contribution in [0.3, 0.4) is 0 Å². The predicted molar refractivity (Wildman–Crippen MR) is 84.9 cm³/mol. The Bertz CT molecular complexity index is 591. The fourth-order valence-corrected chi connectivity index (χ4v) is 3.41. The van der Waals surface area contributed by atoms with Crippen molar-refractivity contribution in [2.45, 2.75) is 37.9 Å². The van der Waals surface area contributed by atoms with E-state index in [1.807, 2.05) is 12.1 Å². The van der Waals surface area contributed by atoms with Gasteiger partial charge in [-0.3, -0.25) is 0 Å². The van der Waals surface area contributed by atoms with Crippen molar-refractivity contribution in [3.8, 4) is 0 Å². The van der Waals surface area contributed by atoms with Gasteiger partial charge in [0, 0.05) is 17.5 Å². The Morgan fingerprint density at radius 2 is 1.95 bits per heavy atom. The van der Waals surface area contributed by atoms with Crippen LogP contribution in [0.1, 0.15) is 24.8 Å². The van der Waals surface area contributed by atoms with E-state index >= 15 is 0 Å². The molecular weight excluding hydrogens is 316 g/mol. The Labute approximate surface area is 127 Å². The Morgan fingerprint density at radius 3 is 2.70 bits per heavy atom. The summed E-state index contributed by atoms with van der Waals surface area (Å²) >= 11 is 3.59. The van der Waals surface area contributed by atoms with Gasteiger partial charge in [-0.1, -0.05) is 46.3 Å². The van der Waals surface area contributed by atoms with Gasteiger partial charge in [-0.25, -0.2) is 0 Å². The summed E-state index contributed by atoms with van der Waals surface area (Å²) in [5.41, 5.74) is 1.19. The summed E-state index contributed by atoms with van der Waals surface area (Å²) < 4.78 is 6.79. The van der Waals surface area contributed by atoms with Gasteiger partial charge >= 0.3 is 0 Å². The lowest BCUT2D eigenvalue weighted by molar-refractivity contribution is -0.0610. The van der Waals surface area contributed by atoms with E-state index in [9.17, 15) is 5.11 Å². The summed E-state index contributed by atoms with van der Waals surface area (Å²) in [7, 11) is 0. The molecule has 1 heterocycles. The number of halogens is 1. The number of hydrogen-bond acceptors (Lipinski definition) is 2. The third kappa shape index (κ3) is 2.90. The summed E-state index contributed by atoms with van der Waals surface area (Å²) in [5.74, 6) is 0. The molecule has 20 heavy (non-hydrogen) atoms. The Balaban J connectivity index is 1.85. The Hall–Kier alpha value is -0.900. The first kappa shape index (κ1) is 14.1. The summed E-state index contributed by atoms with van der Waals surface area (Å²) in [6.45, 7) is 0.781. The van der Waals surface area contributed by atoms with E-state index in [0.717, 1.165) is 30.3 Å². The molecule has 0 aliphatic carbocycles. The largest absolute Gasteiger partial charge is 0.390 e. The third-order valence-corrected chi connectivity index (χ3v) is 4.73. The molecule has 2 aromatic carbocycles. The molecule has 2 nitrogen and oxygen atoms in total. The van der Waals surface area contributed by atoms with E-state index in [0.29, 0.717) is 6.42 Å². The number of aliphatic hydroxyl groups excluding tert-OH is 1. The minimum atomic E-state index is -0.417. The van der Waals surface area contributed by atoms with Crippen molar-refractivity contribution in [1.29, 1.82) is 0 Å². The topological polar surface area (TPSA) is 29.5 Å². The summed E-state index contributed by atoms with van der Waals surface area (Å²) in [4.78, 5) is 0. The average molecular weight is 335 g/mol. The van der Waals surface area contributed by atoms with Gasteiger partial charge in [-0.2, -0.15) is 0 Å². The first-order chi connectivity index (χ1) is 9.75. The van der Waals surface area contributed by atoms with Crippen molar-refractivity contribution >= 4 is 26.7 Å². The summed E-state index contributed by atoms with van der Waals surface area (Å²) in [6, 6.07) is 12.5. The zero-order valence-electron chi connectivity index (χ0n) is 11.4. The van der Waals surface area contributed by atoms with Gasteiger partial charge in [0.2, 0.25) is 0 Å². The number of aliphatic hydroxyl groups is 1. The molecule has 2 atom stereocenters. The van der Waals surface area contributed by atoms with Crippen LogP contribution in [0.5, 0.6) is 0 Å². The van der Waals surface area contributed by atoms with Crippen molar-refractivity contribution in [1.82, 2.24) is 0 Å². The second-order valence-corrected chi connectivity index (χ2v) is 6.28. The van der Waals surface area contributed by atoms with Crippen LogP contribution in [0, 0.1) is 0 Å². The highest BCUT2D eigenvalue weighted by molar-refractivity contribution is 9.10. The second kappa shape index (κ2) is 6.25. The molecule has 1 aliphatic heterocycles. The number of benzene rings is 2. The van der Waals surface area contributed by atoms with Crippen molar-refractivity contribution in [2.75, 3.05) is 6.61 Å². The molecule has 0 radical (unpaired) electrons. The third-order valence-electron chi connectivity index (χ3n) is 4.03. The minimum Gasteiger partial charge on any atom is -0.390 e. The molecule has 3 rings (SSSR count). The van der Waals surface area contributed by atoms with Gasteiger partial charge in [0.15, 0.2) is 0 Å². The van der Waals surface area contributed by atoms with Crippen molar-refractivity contribution in [3.05, 3.63) is 46.4 Å². The molecule has 2 aromatic rings. The monoisotopic (exact) mass is 334 g/mol. The van der Waals surface area contributed by atoms with E-state index in [1.54, 1.807) is 0 Å². The van der Waals surface area contributed by atoms with Crippen LogP contribution in [0.2, 0.25) is 0 Å². The van der Waals surface area contributed by atoms with Crippen LogP contribution in [0.4, 0.5) is 0 Å². The molecule has 0 saturated carbocycles. The van der Waals surface area contributed by atoms with Crippen LogP contribution < -0.4 is 0 Å². The van der Waals surface area contributed by atoms with E-state index in [-0.39, 0.29) is 6.10 Å². The molecule has 3 heteroatoms. The highest BCUT2D eigenvalue weighted by Crippen LogP contribution is 2.28. The molecule has 0 aromatic heterocycles. The molecule has 1 fully saturated rings. The fraction of sp³-hybridized carbons (Fsp3) is 0.412. The maximum Gasteiger partial charge on any atom is 0.0842 e. The SMILES string of the molecule is OC(Cc1ccc(Br)c2ccccc12)C1CCCCO1. The van der Waals surface area contributed by atoms with Gasteiger partial charge < -0.3 is 9.84 Å². The maximum atomic E-state index is 10.4. The maximum absolute atomic E-state index is 10.4. The number of hydrogen-bond donors (Lipinski definition) is 1. The lowest BCUT2D eigenvalue weighted by atomic mass is 9.95. The van der Waals surface area contributed by atoms with Gasteiger partial charge in [0.05, 0.1) is 12.2 Å². The van der Waals surface area contributed by atoms with Crippen LogP contribution in [0.15, 0.2) is 40.9 Å². The zero-order chi connectivity index (χ0) is 13.9. The molecule has 0 amide bonds. The van der Waals surface area contributed by atoms with Gasteiger partial charge in [-0.15, -0.1) is 0 Å². The quantitative estimate of drug-likeness (QED) is 0.916. The van der Waals surface area contributed by atoms with Crippen LogP contribution >= 0.6 is 15.9 Å². The molecule has 1 saturated heterocycles. The lowest BCUT2D eigenvalue weighted by Gasteiger charge is -2.27. The van der Waals surface area contributed by atoms with Gasteiger partial charge in [0.25, 0.3) is 0 Å². The molecule has 2 unspecified atom stereocenters. The fourth-order valence-electron chi connectivity index (χ4n) is 2.93. The van der Waals surface area contributed by atoms with Gasteiger partial charge in [-0.05, 0) is 41.7 Å². The van der Waals surface area contributed by atoms with Crippen molar-refractivity contribution < 1.29 is 9.84 Å². The molecule has 1 N–H and O–H groups in total. The molecule has 106 valence electrons. The highest BCUT2D eigenvalue weighted by Gasteiger charge is 2.23. The van der Waals surface area contributed by atoms with E-state index < -0.39 is 6.10 Å². The number of fused-ring (bicyclic) bond motifs is 1. The molecule has 0 spiro atoms. The summed E-state index contributed by atoms with van der Waals surface area (Å²) in [6.07, 6.45) is 3.47. The van der Waals surface area contributed by atoms with Crippen LogP contribution in [-0.4, -0.2) is 23.9 Å². The average Bonchev–Trinajstić information content (AvgIpc) is 2.51. The van der Waals surface area contributed by atoms with Crippen LogP contribution in [0.25, 0.3) is 10.8 Å². The molecule has 0 bridgehead atoms. The Kier molecular flexibility index (Phi) is 4.39. The van der Waals surface area contributed by atoms with Crippen molar-refractivity contribution in [3.63, 3.8) is 0 Å². The van der Waals surface area contributed by atoms with E-state index in [1.165, 1.54) is 16.3 Å². The number of rotatable bonds is 3. The lowest BCUT2D eigenvalue weighted by Crippen LogP contribution is -2.33. The first-order valence-electron chi connectivity index (χ1n) is 7.21. The smallest absolute Gasteiger partial charge is 0.0842 e. The first-order valence-corrected chi connectivity index (χ1v) is 8.01. The molecule has 1 aliphatic rings. The highest BCUT2D eigenvalue weighted by atomic mass is 79.9. The minimum absolute atomic E-state index is 0.00819. The number of ether oxygens (including phenoxy) is 1. The molecular formula is C17H19BrO2. The zero-order valence-corrected chi connectivity index (χ0v) is 13.0. The van der Waals surface area contributed by atoms with Gasteiger partial charge in [0.1, 0.15) is 0 Å².